The van der Waals surface area contributed by atoms with Crippen LogP contribution in [0.15, 0.2) is 18.2 Å². The minimum atomic E-state index is 0.0680. The molecular formula is C16H22BN3O. The summed E-state index contributed by atoms with van der Waals surface area (Å²) in [6.07, 6.45) is 2.73. The second-order valence-corrected chi connectivity index (χ2v) is 6.64. The molecule has 4 aliphatic rings. The molecule has 3 saturated heterocycles. The summed E-state index contributed by atoms with van der Waals surface area (Å²) in [5, 5.41) is 0. The van der Waals surface area contributed by atoms with Crippen LogP contribution in [0.4, 0.5) is 0 Å². The molecule has 0 N–H and O–H groups in total. The first-order valence-electron chi connectivity index (χ1n) is 7.62. The quantitative estimate of drug-likeness (QED) is 0.674. The van der Waals surface area contributed by atoms with Crippen molar-refractivity contribution < 1.29 is 9.13 Å². The smallest absolute Gasteiger partial charge is 0.298 e. The van der Waals surface area contributed by atoms with Crippen LogP contribution in [0.25, 0.3) is 11.0 Å². The van der Waals surface area contributed by atoms with Crippen LogP contribution in [0.1, 0.15) is 18.4 Å². The van der Waals surface area contributed by atoms with Gasteiger partial charge in [-0.1, -0.05) is 12.1 Å². The van der Waals surface area contributed by atoms with E-state index >= 15 is 0 Å². The summed E-state index contributed by atoms with van der Waals surface area (Å²) in [6, 6.07) is 7.35. The van der Waals surface area contributed by atoms with Gasteiger partial charge in [0.2, 0.25) is 0 Å². The van der Waals surface area contributed by atoms with Gasteiger partial charge in [0.15, 0.2) is 13.6 Å². The van der Waals surface area contributed by atoms with Gasteiger partial charge in [-0.05, 0) is 31.4 Å². The largest absolute Gasteiger partial charge is 0.519 e. The van der Waals surface area contributed by atoms with Gasteiger partial charge in [0, 0.05) is 19.0 Å². The molecule has 0 aliphatic carbocycles. The molecule has 5 heteroatoms. The van der Waals surface area contributed by atoms with E-state index in [0.717, 1.165) is 24.0 Å². The van der Waals surface area contributed by atoms with Gasteiger partial charge in [-0.15, -0.1) is 0 Å². The maximum absolute atomic E-state index is 6.55. The van der Waals surface area contributed by atoms with Crippen LogP contribution in [0, 0.1) is 12.8 Å². The number of aryl methyl sites for hydroxylation is 1. The fraction of sp³-hybridized carbons (Fsp3) is 0.562. The van der Waals surface area contributed by atoms with Crippen molar-refractivity contribution in [3.63, 3.8) is 0 Å². The third kappa shape index (κ3) is 1.47. The lowest BCUT2D eigenvalue weighted by Crippen LogP contribution is -2.69. The lowest BCUT2D eigenvalue weighted by molar-refractivity contribution is -0.845. The average Bonchev–Trinajstić information content (AvgIpc) is 2.95. The van der Waals surface area contributed by atoms with Gasteiger partial charge in [0.1, 0.15) is 0 Å². The van der Waals surface area contributed by atoms with Gasteiger partial charge in [0.25, 0.3) is 6.01 Å². The molecule has 0 saturated carbocycles. The molecule has 1 unspecified atom stereocenters. The number of rotatable bonds is 0. The van der Waals surface area contributed by atoms with Gasteiger partial charge in [0.05, 0.1) is 24.1 Å². The van der Waals surface area contributed by atoms with Crippen molar-refractivity contribution in [1.82, 2.24) is 9.55 Å². The predicted molar refractivity (Wildman–Crippen MR) is 85.4 cm³/mol. The molecule has 3 fully saturated rings. The Morgan fingerprint density at radius 2 is 2.19 bits per heavy atom. The molecule has 1 atom stereocenters. The Bertz CT molecular complexity index is 747. The molecule has 21 heavy (non-hydrogen) atoms. The molecule has 1 spiro atoms. The summed E-state index contributed by atoms with van der Waals surface area (Å²) < 4.78 is 10.3. The Morgan fingerprint density at radius 3 is 2.95 bits per heavy atom. The fourth-order valence-electron chi connectivity index (χ4n) is 4.40. The molecule has 4 aliphatic heterocycles. The Hall–Kier alpha value is -1.49. The Balaban J connectivity index is 1.61. The SMILES string of the molecule is [BH3-][N+]12CCC(CC1)C1(Cn3c(nc4c(C)cccc43)O1)C2. The van der Waals surface area contributed by atoms with Gasteiger partial charge in [-0.3, -0.25) is 4.57 Å². The molecule has 2 aromatic rings. The summed E-state index contributed by atoms with van der Waals surface area (Å²) in [4.78, 5) is 4.80. The number of imidazole rings is 1. The van der Waals surface area contributed by atoms with Crippen molar-refractivity contribution in [1.29, 1.82) is 0 Å². The summed E-state index contributed by atoms with van der Waals surface area (Å²) in [7, 11) is 0.330. The van der Waals surface area contributed by atoms with Crippen LogP contribution in [0.3, 0.4) is 0 Å². The van der Waals surface area contributed by atoms with Crippen LogP contribution in [0.5, 0.6) is 6.01 Å². The number of aromatic nitrogens is 2. The number of nitrogens with zero attached hydrogens (tertiary/aromatic N) is 3. The molecule has 6 rings (SSSR count). The summed E-state index contributed by atoms with van der Waals surface area (Å²) >= 11 is 0. The van der Waals surface area contributed by atoms with Crippen molar-refractivity contribution in [2.75, 3.05) is 19.6 Å². The van der Waals surface area contributed by atoms with E-state index in [4.69, 9.17) is 9.72 Å². The third-order valence-corrected chi connectivity index (χ3v) is 5.49. The molecule has 2 bridgehead atoms. The normalized spacial score (nSPS) is 37.1. The predicted octanol–water partition coefficient (Wildman–Crippen LogP) is 0.997. The second-order valence-electron chi connectivity index (χ2n) is 6.64. The molecule has 0 radical (unpaired) electrons. The first-order valence-corrected chi connectivity index (χ1v) is 7.62. The van der Waals surface area contributed by atoms with E-state index in [1.54, 1.807) is 0 Å². The molecule has 110 valence electrons. The van der Waals surface area contributed by atoms with Gasteiger partial charge >= 0.3 is 0 Å². The number of fused-ring (bicyclic) bond motifs is 5. The van der Waals surface area contributed by atoms with Crippen molar-refractivity contribution in [3.05, 3.63) is 23.8 Å². The first kappa shape index (κ1) is 12.1. The number of hydrogen-bond donors (Lipinski definition) is 0. The highest BCUT2D eigenvalue weighted by atomic mass is 16.5. The minimum Gasteiger partial charge on any atom is -0.519 e. The zero-order valence-electron chi connectivity index (χ0n) is 11.8. The van der Waals surface area contributed by atoms with E-state index in [1.165, 1.54) is 48.0 Å². The van der Waals surface area contributed by atoms with E-state index in [2.05, 4.69) is 29.7 Å². The zero-order valence-corrected chi connectivity index (χ0v) is 11.8. The summed E-state index contributed by atoms with van der Waals surface area (Å²) in [5.41, 5.74) is 3.69. The lowest BCUT2D eigenvalue weighted by atomic mass is 9.71. The number of hydrogen-bond acceptors (Lipinski definition) is 2. The minimum absolute atomic E-state index is 0.0680. The molecule has 1 aromatic heterocycles. The van der Waals surface area contributed by atoms with Crippen molar-refractivity contribution in [3.8, 4) is 6.01 Å². The van der Waals surface area contributed by atoms with E-state index in [-0.39, 0.29) is 5.60 Å². The molecule has 0 amide bonds. The number of para-hydroxylation sites is 1. The number of benzene rings is 1. The molecule has 4 nitrogen and oxygen atoms in total. The second kappa shape index (κ2) is 3.64. The highest BCUT2D eigenvalue weighted by molar-refractivity contribution is 5.97. The summed E-state index contributed by atoms with van der Waals surface area (Å²) in [5.74, 6) is 0.747. The molecule has 5 heterocycles. The standard InChI is InChI=1S/C16H22BN3O/c1-11-3-2-4-13-14(11)18-15-19(13)9-16(21-15)10-20(17)7-5-12(16)6-8-20/h2-4,12H,5-10H2,1,17H3. The van der Waals surface area contributed by atoms with E-state index < -0.39 is 0 Å². The first-order chi connectivity index (χ1) is 10.1. The van der Waals surface area contributed by atoms with Crippen LogP contribution < -0.4 is 4.74 Å². The topological polar surface area (TPSA) is 27.1 Å². The number of ether oxygens (including phenoxy) is 1. The molecule has 1 aromatic carbocycles. The maximum Gasteiger partial charge on any atom is 0.298 e. The van der Waals surface area contributed by atoms with Gasteiger partial charge in [-0.25, -0.2) is 0 Å². The van der Waals surface area contributed by atoms with E-state index in [1.807, 2.05) is 0 Å². The fourth-order valence-corrected chi connectivity index (χ4v) is 4.40. The third-order valence-electron chi connectivity index (χ3n) is 5.49. The Morgan fingerprint density at radius 1 is 1.38 bits per heavy atom. The monoisotopic (exact) mass is 283 g/mol. The van der Waals surface area contributed by atoms with Gasteiger partial charge in [-0.2, -0.15) is 4.98 Å². The van der Waals surface area contributed by atoms with Crippen LogP contribution >= 0.6 is 0 Å². The van der Waals surface area contributed by atoms with Crippen LogP contribution in [0.2, 0.25) is 0 Å². The van der Waals surface area contributed by atoms with Gasteiger partial charge < -0.3 is 9.13 Å². The highest BCUT2D eigenvalue weighted by Gasteiger charge is 2.56. The molecular weight excluding hydrogens is 261 g/mol. The van der Waals surface area contributed by atoms with E-state index in [9.17, 15) is 0 Å². The average molecular weight is 283 g/mol. The Kier molecular flexibility index (Phi) is 2.10. The lowest BCUT2D eigenvalue weighted by Gasteiger charge is -2.60. The zero-order chi connectivity index (χ0) is 14.2. The van der Waals surface area contributed by atoms with Crippen LogP contribution in [-0.2, 0) is 6.54 Å². The van der Waals surface area contributed by atoms with Crippen molar-refractivity contribution >= 4 is 19.0 Å². The maximum atomic E-state index is 6.55. The van der Waals surface area contributed by atoms with Crippen molar-refractivity contribution in [2.24, 2.45) is 5.92 Å². The Labute approximate surface area is 125 Å². The summed E-state index contributed by atoms with van der Waals surface area (Å²) in [6.45, 7) is 7.28. The number of piperidine rings is 3. The highest BCUT2D eigenvalue weighted by Crippen LogP contribution is 2.47. The number of quaternary nitrogens is 1. The van der Waals surface area contributed by atoms with Crippen LogP contribution in [-0.4, -0.2) is 47.2 Å². The van der Waals surface area contributed by atoms with Crippen molar-refractivity contribution in [2.45, 2.75) is 31.9 Å². The van der Waals surface area contributed by atoms with E-state index in [0.29, 0.717) is 7.98 Å².